The van der Waals surface area contributed by atoms with Crippen LogP contribution in [0.4, 0.5) is 29.5 Å². The molecule has 3 aliphatic rings. The molecule has 1 aliphatic carbocycles. The van der Waals surface area contributed by atoms with E-state index in [-0.39, 0.29) is 25.2 Å². The third-order valence-electron chi connectivity index (χ3n) is 7.96. The second-order valence-corrected chi connectivity index (χ2v) is 11.6. The number of halogens is 3. The number of rotatable bonds is 8. The minimum atomic E-state index is -2.40. The summed E-state index contributed by atoms with van der Waals surface area (Å²) in [5.41, 5.74) is 0.295. The summed E-state index contributed by atoms with van der Waals surface area (Å²) in [6.45, 7) is 5.40. The largest absolute Gasteiger partial charge is 0.378 e. The quantitative estimate of drug-likeness (QED) is 0.434. The van der Waals surface area contributed by atoms with Gasteiger partial charge in [0.25, 0.3) is 6.43 Å². The number of hydrogen-bond acceptors (Lipinski definition) is 7. The van der Waals surface area contributed by atoms with Gasteiger partial charge in [-0.15, -0.1) is 0 Å². The summed E-state index contributed by atoms with van der Waals surface area (Å²) in [6, 6.07) is 1.52. The fraction of sp³-hybridized carbons (Fsp3) is 0.615. The summed E-state index contributed by atoms with van der Waals surface area (Å²) in [4.78, 5) is 23.5. The molecule has 3 aromatic heterocycles. The molecule has 0 unspecified atom stereocenters. The molecule has 11 nitrogen and oxygen atoms in total. The second-order valence-electron chi connectivity index (χ2n) is 11.6. The monoisotopic (exact) mass is 561 g/mol. The van der Waals surface area contributed by atoms with Crippen LogP contribution in [0.2, 0.25) is 0 Å². The van der Waals surface area contributed by atoms with E-state index in [2.05, 4.69) is 25.4 Å². The molecule has 40 heavy (non-hydrogen) atoms. The van der Waals surface area contributed by atoms with Gasteiger partial charge >= 0.3 is 6.03 Å². The molecular weight excluding hydrogens is 527 g/mol. The summed E-state index contributed by atoms with van der Waals surface area (Å²) in [5.74, 6) is 0.727. The Morgan fingerprint density at radius 3 is 2.73 bits per heavy atom. The van der Waals surface area contributed by atoms with Crippen molar-refractivity contribution in [1.82, 2.24) is 34.8 Å². The number of carbonyl (C=O) groups is 1. The van der Waals surface area contributed by atoms with Crippen molar-refractivity contribution in [2.45, 2.75) is 57.0 Å². The molecular formula is C26H34F3N9O2. The van der Waals surface area contributed by atoms with Crippen LogP contribution in [0.15, 0.2) is 18.5 Å². The van der Waals surface area contributed by atoms with Gasteiger partial charge < -0.3 is 19.9 Å². The highest BCUT2D eigenvalue weighted by atomic mass is 19.3. The smallest absolute Gasteiger partial charge is 0.322 e. The molecule has 6 rings (SSSR count). The SMILES string of the molecule is COC1CN(c2nn(CC(C)(C)F)c3cc(-c4[nH]ncc4NC(=O)N4CCN(CC(F)F)CC45CC5)ncc23)C1. The number of pyridine rings is 1. The van der Waals surface area contributed by atoms with Gasteiger partial charge in [0.15, 0.2) is 5.82 Å². The number of hydrogen-bond donors (Lipinski definition) is 2. The van der Waals surface area contributed by atoms with Gasteiger partial charge in [0.2, 0.25) is 0 Å². The average Bonchev–Trinajstić information content (AvgIpc) is 3.30. The lowest BCUT2D eigenvalue weighted by atomic mass is 10.1. The zero-order chi connectivity index (χ0) is 28.2. The van der Waals surface area contributed by atoms with Crippen LogP contribution in [0.3, 0.4) is 0 Å². The first kappa shape index (κ1) is 26.8. The van der Waals surface area contributed by atoms with Crippen molar-refractivity contribution in [1.29, 1.82) is 0 Å². The molecule has 1 saturated carbocycles. The van der Waals surface area contributed by atoms with E-state index in [9.17, 15) is 18.0 Å². The van der Waals surface area contributed by atoms with Gasteiger partial charge in [-0.1, -0.05) is 0 Å². The van der Waals surface area contributed by atoms with Crippen LogP contribution in [-0.4, -0.2) is 111 Å². The number of carbonyl (C=O) groups excluding carboxylic acids is 1. The standard InChI is InChI=1S/C26H34F3N9O2/c1-25(2,29)14-38-20-8-18(30-9-17(20)23(34-38)36-11-16(12-36)40-3)22-19(10-31-33-22)32-24(39)37-7-6-35(13-21(27)28)15-26(37)4-5-26/h8-10,16,21H,4-7,11-15H2,1-3H3,(H,31,33)(H,32,39). The first-order valence-corrected chi connectivity index (χ1v) is 13.5. The number of alkyl halides is 3. The Kier molecular flexibility index (Phi) is 6.64. The highest BCUT2D eigenvalue weighted by Gasteiger charge is 2.53. The number of aromatic nitrogens is 5. The van der Waals surface area contributed by atoms with Crippen molar-refractivity contribution in [3.8, 4) is 11.4 Å². The van der Waals surface area contributed by atoms with Gasteiger partial charge in [0.1, 0.15) is 11.4 Å². The lowest BCUT2D eigenvalue weighted by Gasteiger charge is -2.41. The number of fused-ring (bicyclic) bond motifs is 1. The molecule has 1 spiro atoms. The van der Waals surface area contributed by atoms with Crippen LogP contribution >= 0.6 is 0 Å². The Bertz CT molecular complexity index is 1390. The van der Waals surface area contributed by atoms with E-state index in [1.54, 1.807) is 27.8 Å². The van der Waals surface area contributed by atoms with E-state index in [1.807, 2.05) is 6.07 Å². The minimum absolute atomic E-state index is 0.0562. The third-order valence-corrected chi connectivity index (χ3v) is 7.96. The first-order valence-electron chi connectivity index (χ1n) is 13.5. The maximum absolute atomic E-state index is 14.7. The van der Waals surface area contributed by atoms with Crippen molar-refractivity contribution >= 4 is 28.4 Å². The molecule has 3 fully saturated rings. The van der Waals surface area contributed by atoms with E-state index >= 15 is 0 Å². The van der Waals surface area contributed by atoms with Gasteiger partial charge in [0.05, 0.1) is 53.2 Å². The maximum Gasteiger partial charge on any atom is 0.322 e. The highest BCUT2D eigenvalue weighted by molar-refractivity contribution is 5.96. The van der Waals surface area contributed by atoms with E-state index < -0.39 is 17.6 Å². The van der Waals surface area contributed by atoms with E-state index in [0.717, 1.165) is 24.0 Å². The van der Waals surface area contributed by atoms with Gasteiger partial charge in [-0.3, -0.25) is 19.7 Å². The number of nitrogens with zero attached hydrogens (tertiary/aromatic N) is 7. The molecule has 2 N–H and O–H groups in total. The van der Waals surface area contributed by atoms with Crippen molar-refractivity contribution in [2.75, 3.05) is 56.6 Å². The number of ether oxygens (including phenoxy) is 1. The molecule has 0 aromatic carbocycles. The number of anilines is 2. The van der Waals surface area contributed by atoms with E-state index in [1.165, 1.54) is 20.0 Å². The Hall–Kier alpha value is -3.39. The predicted octanol–water partition coefficient (Wildman–Crippen LogP) is 3.35. The molecule has 2 aliphatic heterocycles. The lowest BCUT2D eigenvalue weighted by molar-refractivity contribution is 0.0369. The minimum Gasteiger partial charge on any atom is -0.378 e. The number of aromatic amines is 1. The van der Waals surface area contributed by atoms with Crippen LogP contribution < -0.4 is 10.2 Å². The zero-order valence-corrected chi connectivity index (χ0v) is 22.8. The summed E-state index contributed by atoms with van der Waals surface area (Å²) < 4.78 is 47.6. The van der Waals surface area contributed by atoms with E-state index in [4.69, 9.17) is 9.84 Å². The van der Waals surface area contributed by atoms with Crippen LogP contribution in [-0.2, 0) is 11.3 Å². The Balaban J connectivity index is 1.25. The van der Waals surface area contributed by atoms with Crippen LogP contribution in [0.5, 0.6) is 0 Å². The number of urea groups is 1. The normalized spacial score (nSPS) is 19.6. The second kappa shape index (κ2) is 9.91. The molecule has 2 amide bonds. The Morgan fingerprint density at radius 1 is 1.27 bits per heavy atom. The van der Waals surface area contributed by atoms with Crippen LogP contribution in [0.25, 0.3) is 22.3 Å². The molecule has 2 saturated heterocycles. The van der Waals surface area contributed by atoms with Gasteiger partial charge in [-0.05, 0) is 32.8 Å². The average molecular weight is 562 g/mol. The van der Waals surface area contributed by atoms with Gasteiger partial charge in [-0.25, -0.2) is 18.0 Å². The fourth-order valence-electron chi connectivity index (χ4n) is 5.72. The first-order chi connectivity index (χ1) is 19.0. The molecule has 216 valence electrons. The fourth-order valence-corrected chi connectivity index (χ4v) is 5.72. The molecule has 3 aromatic rings. The van der Waals surface area contributed by atoms with Crippen molar-refractivity contribution in [3.63, 3.8) is 0 Å². The number of piperazine rings is 1. The molecule has 14 heteroatoms. The van der Waals surface area contributed by atoms with Crippen molar-refractivity contribution < 1.29 is 22.7 Å². The molecule has 0 atom stereocenters. The highest BCUT2D eigenvalue weighted by Crippen LogP contribution is 2.45. The summed E-state index contributed by atoms with van der Waals surface area (Å²) in [6.07, 6.45) is 2.54. The zero-order valence-electron chi connectivity index (χ0n) is 22.8. The molecule has 5 heterocycles. The number of nitrogens with one attached hydrogen (secondary N) is 2. The molecule has 0 radical (unpaired) electrons. The number of amides is 2. The predicted molar refractivity (Wildman–Crippen MR) is 143 cm³/mol. The van der Waals surface area contributed by atoms with Crippen molar-refractivity contribution in [2.24, 2.45) is 0 Å². The van der Waals surface area contributed by atoms with Crippen LogP contribution in [0, 0.1) is 0 Å². The summed E-state index contributed by atoms with van der Waals surface area (Å²) in [5, 5.41) is 15.5. The van der Waals surface area contributed by atoms with Gasteiger partial charge in [-0.2, -0.15) is 10.2 Å². The number of H-pyrrole nitrogens is 1. The Morgan fingerprint density at radius 2 is 2.05 bits per heavy atom. The topological polar surface area (TPSA) is 107 Å². The van der Waals surface area contributed by atoms with Crippen molar-refractivity contribution in [3.05, 3.63) is 18.5 Å². The maximum atomic E-state index is 14.7. The summed E-state index contributed by atoms with van der Waals surface area (Å²) in [7, 11) is 1.68. The summed E-state index contributed by atoms with van der Waals surface area (Å²) >= 11 is 0. The number of methoxy groups -OCH3 is 1. The Labute approximate surface area is 229 Å². The molecule has 0 bridgehead atoms. The van der Waals surface area contributed by atoms with Crippen LogP contribution in [0.1, 0.15) is 26.7 Å². The van der Waals surface area contributed by atoms with Gasteiger partial charge in [0, 0.05) is 46.0 Å². The third kappa shape index (κ3) is 5.09. The lowest BCUT2D eigenvalue weighted by Crippen LogP contribution is -2.58. The van der Waals surface area contributed by atoms with E-state index in [0.29, 0.717) is 55.3 Å².